The summed E-state index contributed by atoms with van der Waals surface area (Å²) in [7, 11) is 0. The first-order valence-electron chi connectivity index (χ1n) is 9.70. The lowest BCUT2D eigenvalue weighted by atomic mass is 9.68. The lowest BCUT2D eigenvalue weighted by molar-refractivity contribution is 0.164. The predicted molar refractivity (Wildman–Crippen MR) is 98.4 cm³/mol. The third-order valence-electron chi connectivity index (χ3n) is 6.32. The van der Waals surface area contributed by atoms with Gasteiger partial charge in [0.05, 0.1) is 6.61 Å². The third-order valence-corrected chi connectivity index (χ3v) is 6.67. The highest BCUT2D eigenvalue weighted by Gasteiger charge is 2.31. The van der Waals surface area contributed by atoms with Crippen LogP contribution >= 0.6 is 11.6 Å². The van der Waals surface area contributed by atoms with Gasteiger partial charge in [0.2, 0.25) is 0 Å². The van der Waals surface area contributed by atoms with Crippen molar-refractivity contribution in [1.29, 1.82) is 0 Å². The molecule has 1 aromatic rings. The van der Waals surface area contributed by atoms with Gasteiger partial charge in [-0.1, -0.05) is 37.4 Å². The zero-order valence-corrected chi connectivity index (χ0v) is 15.7. The molecule has 0 spiro atoms. The second-order valence-corrected chi connectivity index (χ2v) is 8.22. The van der Waals surface area contributed by atoms with Gasteiger partial charge in [-0.3, -0.25) is 0 Å². The summed E-state index contributed by atoms with van der Waals surface area (Å²) in [4.78, 5) is 0. The number of benzene rings is 1. The molecule has 1 aromatic carbocycles. The van der Waals surface area contributed by atoms with Crippen molar-refractivity contribution in [1.82, 2.24) is 0 Å². The molecule has 0 aromatic heterocycles. The zero-order valence-electron chi connectivity index (χ0n) is 15.0. The highest BCUT2D eigenvalue weighted by Crippen LogP contribution is 2.45. The number of rotatable bonds is 4. The molecule has 2 fully saturated rings. The van der Waals surface area contributed by atoms with Crippen LogP contribution < -0.4 is 4.74 Å². The van der Waals surface area contributed by atoms with Crippen LogP contribution in [0.2, 0.25) is 5.02 Å². The van der Waals surface area contributed by atoms with Crippen LogP contribution in [0, 0.1) is 23.6 Å². The summed E-state index contributed by atoms with van der Waals surface area (Å²) in [6.45, 7) is 4.77. The second-order valence-electron chi connectivity index (χ2n) is 7.85. The summed E-state index contributed by atoms with van der Waals surface area (Å²) in [6.07, 6.45) is 10.3. The van der Waals surface area contributed by atoms with Crippen LogP contribution in [0.15, 0.2) is 12.1 Å². The highest BCUT2D eigenvalue weighted by molar-refractivity contribution is 6.32. The van der Waals surface area contributed by atoms with Crippen molar-refractivity contribution >= 4 is 11.6 Å². The van der Waals surface area contributed by atoms with Crippen LogP contribution in [-0.4, -0.2) is 6.61 Å². The fraction of sp³-hybridized carbons (Fsp3) is 0.714. The topological polar surface area (TPSA) is 9.23 Å². The molecule has 0 radical (unpaired) electrons. The number of halogens is 2. The molecule has 134 valence electrons. The van der Waals surface area contributed by atoms with Crippen molar-refractivity contribution in [3.63, 3.8) is 0 Å². The summed E-state index contributed by atoms with van der Waals surface area (Å²) in [6, 6.07) is 3.72. The van der Waals surface area contributed by atoms with Crippen molar-refractivity contribution in [3.05, 3.63) is 28.5 Å². The van der Waals surface area contributed by atoms with E-state index < -0.39 is 0 Å². The Morgan fingerprint density at radius 2 is 1.58 bits per heavy atom. The van der Waals surface area contributed by atoms with Gasteiger partial charge in [-0.15, -0.1) is 0 Å². The lowest BCUT2D eigenvalue weighted by Crippen LogP contribution is -2.25. The SMILES string of the molecule is CCOc1ccc(C2CCC(C3CCC(C)CC3)CC2)c(F)c1Cl. The quantitative estimate of drug-likeness (QED) is 0.568. The average molecular weight is 353 g/mol. The minimum atomic E-state index is -0.266. The minimum absolute atomic E-state index is 0.151. The molecule has 0 aliphatic heterocycles. The molecule has 3 rings (SSSR count). The van der Waals surface area contributed by atoms with Gasteiger partial charge in [0, 0.05) is 0 Å². The van der Waals surface area contributed by atoms with E-state index in [-0.39, 0.29) is 10.8 Å². The molecule has 24 heavy (non-hydrogen) atoms. The van der Waals surface area contributed by atoms with E-state index >= 15 is 0 Å². The maximum absolute atomic E-state index is 14.7. The van der Waals surface area contributed by atoms with Crippen LogP contribution in [0.4, 0.5) is 4.39 Å². The van der Waals surface area contributed by atoms with Gasteiger partial charge in [0.1, 0.15) is 16.6 Å². The normalized spacial score (nSPS) is 31.0. The Morgan fingerprint density at radius 1 is 1.00 bits per heavy atom. The predicted octanol–water partition coefficient (Wildman–Crippen LogP) is 6.98. The molecule has 0 atom stereocenters. The first-order valence-corrected chi connectivity index (χ1v) is 10.1. The standard InChI is InChI=1S/C21H30ClFO/c1-3-24-19-13-12-18(21(23)20(19)22)17-10-8-16(9-11-17)15-6-4-14(2)5-7-15/h12-17H,3-11H2,1-2H3. The molecule has 2 aliphatic carbocycles. The molecule has 0 heterocycles. The second kappa shape index (κ2) is 8.08. The summed E-state index contributed by atoms with van der Waals surface area (Å²) >= 11 is 6.16. The molecule has 0 unspecified atom stereocenters. The van der Waals surface area contributed by atoms with Gasteiger partial charge in [-0.2, -0.15) is 0 Å². The van der Waals surface area contributed by atoms with Gasteiger partial charge >= 0.3 is 0 Å². The third kappa shape index (κ3) is 3.90. The Labute approximate surface area is 150 Å². The Kier molecular flexibility index (Phi) is 6.07. The van der Waals surface area contributed by atoms with Crippen molar-refractivity contribution in [2.24, 2.45) is 17.8 Å². The molecule has 0 bridgehead atoms. The van der Waals surface area contributed by atoms with E-state index in [0.717, 1.165) is 36.2 Å². The van der Waals surface area contributed by atoms with Crippen molar-refractivity contribution in [3.8, 4) is 5.75 Å². The molecule has 0 amide bonds. The van der Waals surface area contributed by atoms with Crippen LogP contribution in [0.1, 0.15) is 76.7 Å². The molecule has 1 nitrogen and oxygen atoms in total. The molecule has 0 saturated heterocycles. The fourth-order valence-electron chi connectivity index (χ4n) is 4.79. The summed E-state index contributed by atoms with van der Waals surface area (Å²) in [5, 5.41) is 0.151. The number of hydrogen-bond donors (Lipinski definition) is 0. The van der Waals surface area contributed by atoms with E-state index in [1.54, 1.807) is 0 Å². The summed E-state index contributed by atoms with van der Waals surface area (Å²) in [5.74, 6) is 3.20. The van der Waals surface area contributed by atoms with Crippen LogP contribution in [0.5, 0.6) is 5.75 Å². The Hall–Kier alpha value is -0.760. The average Bonchev–Trinajstić information content (AvgIpc) is 2.60. The van der Waals surface area contributed by atoms with Gasteiger partial charge in [0.15, 0.2) is 0 Å². The van der Waals surface area contributed by atoms with E-state index in [1.165, 1.54) is 38.5 Å². The fourth-order valence-corrected chi connectivity index (χ4v) is 5.01. The first-order chi connectivity index (χ1) is 11.6. The van der Waals surface area contributed by atoms with E-state index in [1.807, 2.05) is 19.1 Å². The van der Waals surface area contributed by atoms with E-state index in [4.69, 9.17) is 16.3 Å². The van der Waals surface area contributed by atoms with Crippen LogP contribution in [-0.2, 0) is 0 Å². The molecule has 2 aliphatic rings. The molecular weight excluding hydrogens is 323 g/mol. The Balaban J connectivity index is 1.61. The summed E-state index contributed by atoms with van der Waals surface area (Å²) in [5.41, 5.74) is 0.791. The van der Waals surface area contributed by atoms with Gasteiger partial charge in [-0.25, -0.2) is 4.39 Å². The first kappa shape index (κ1) is 18.0. The van der Waals surface area contributed by atoms with Crippen molar-refractivity contribution in [2.75, 3.05) is 6.61 Å². The molecule has 2 saturated carbocycles. The monoisotopic (exact) mass is 352 g/mol. The van der Waals surface area contributed by atoms with Crippen LogP contribution in [0.25, 0.3) is 0 Å². The summed E-state index contributed by atoms with van der Waals surface area (Å²) < 4.78 is 20.0. The van der Waals surface area contributed by atoms with E-state index in [0.29, 0.717) is 18.3 Å². The Bertz CT molecular complexity index is 543. The van der Waals surface area contributed by atoms with E-state index in [9.17, 15) is 4.39 Å². The lowest BCUT2D eigenvalue weighted by Gasteiger charge is -2.37. The maximum Gasteiger partial charge on any atom is 0.149 e. The van der Waals surface area contributed by atoms with E-state index in [2.05, 4.69) is 6.92 Å². The van der Waals surface area contributed by atoms with Crippen molar-refractivity contribution in [2.45, 2.75) is 71.1 Å². The smallest absolute Gasteiger partial charge is 0.149 e. The Morgan fingerprint density at radius 3 is 2.17 bits per heavy atom. The molecule has 0 N–H and O–H groups in total. The van der Waals surface area contributed by atoms with Crippen LogP contribution in [0.3, 0.4) is 0 Å². The van der Waals surface area contributed by atoms with Gasteiger partial charge in [0.25, 0.3) is 0 Å². The van der Waals surface area contributed by atoms with Gasteiger partial charge in [-0.05, 0) is 80.8 Å². The van der Waals surface area contributed by atoms with Gasteiger partial charge < -0.3 is 4.74 Å². The number of hydrogen-bond acceptors (Lipinski definition) is 1. The zero-order chi connectivity index (χ0) is 17.1. The largest absolute Gasteiger partial charge is 0.492 e. The maximum atomic E-state index is 14.7. The molecular formula is C21H30ClFO. The highest BCUT2D eigenvalue weighted by atomic mass is 35.5. The number of ether oxygens (including phenoxy) is 1. The minimum Gasteiger partial charge on any atom is -0.492 e. The van der Waals surface area contributed by atoms with Crippen molar-refractivity contribution < 1.29 is 9.13 Å². The molecule has 3 heteroatoms.